The van der Waals surface area contributed by atoms with Gasteiger partial charge in [-0.05, 0) is 74.6 Å². The molecule has 10 heteroatoms. The van der Waals surface area contributed by atoms with Crippen LogP contribution in [0.5, 0.6) is 5.75 Å². The van der Waals surface area contributed by atoms with Crippen molar-refractivity contribution in [3.63, 3.8) is 0 Å². The first-order valence-electron chi connectivity index (χ1n) is 13.9. The number of rotatable bonds is 6. The van der Waals surface area contributed by atoms with Gasteiger partial charge in [-0.1, -0.05) is 36.2 Å². The van der Waals surface area contributed by atoms with Gasteiger partial charge in [0.2, 0.25) is 11.8 Å². The van der Waals surface area contributed by atoms with Crippen molar-refractivity contribution >= 4 is 41.1 Å². The number of likely N-dealkylation sites (tertiary alicyclic amines) is 2. The number of nitrogens with zero attached hydrogens (tertiary/aromatic N) is 3. The van der Waals surface area contributed by atoms with Crippen molar-refractivity contribution in [2.75, 3.05) is 32.7 Å². The number of carbonyl (C=O) groups is 3. The van der Waals surface area contributed by atoms with E-state index in [9.17, 15) is 18.8 Å². The van der Waals surface area contributed by atoms with E-state index < -0.39 is 11.9 Å². The van der Waals surface area contributed by atoms with Crippen molar-refractivity contribution in [1.29, 1.82) is 0 Å². The Bertz CT molecular complexity index is 1280. The van der Waals surface area contributed by atoms with Crippen LogP contribution in [0.15, 0.2) is 42.5 Å². The third-order valence-corrected chi connectivity index (χ3v) is 9.35. The number of halogens is 3. The van der Waals surface area contributed by atoms with E-state index in [2.05, 4.69) is 0 Å². The molecule has 7 nitrogen and oxygen atoms in total. The molecule has 5 rings (SSSR count). The summed E-state index contributed by atoms with van der Waals surface area (Å²) in [5, 5.41) is 0.832. The molecule has 2 aromatic carbocycles. The molecule has 0 bridgehead atoms. The maximum Gasteiger partial charge on any atom is 0.415 e. The molecule has 1 aliphatic carbocycles. The van der Waals surface area contributed by atoms with Crippen LogP contribution in [0.3, 0.4) is 0 Å². The highest BCUT2D eigenvalue weighted by atomic mass is 35.5. The zero-order chi connectivity index (χ0) is 28.6. The van der Waals surface area contributed by atoms with Gasteiger partial charge in [-0.25, -0.2) is 9.18 Å². The van der Waals surface area contributed by atoms with Gasteiger partial charge in [-0.2, -0.15) is 0 Å². The monoisotopic (exact) mass is 589 g/mol. The van der Waals surface area contributed by atoms with Crippen molar-refractivity contribution in [2.24, 2.45) is 11.3 Å². The van der Waals surface area contributed by atoms with Crippen LogP contribution in [0.25, 0.3) is 0 Å². The summed E-state index contributed by atoms with van der Waals surface area (Å²) < 4.78 is 18.9. The molecule has 0 radical (unpaired) electrons. The van der Waals surface area contributed by atoms with Crippen molar-refractivity contribution in [1.82, 2.24) is 14.7 Å². The number of ether oxygens (including phenoxy) is 1. The van der Waals surface area contributed by atoms with Crippen LogP contribution >= 0.6 is 23.2 Å². The van der Waals surface area contributed by atoms with Crippen molar-refractivity contribution < 1.29 is 23.5 Å². The normalized spacial score (nSPS) is 22.2. The minimum atomic E-state index is -0.571. The Labute approximate surface area is 244 Å². The van der Waals surface area contributed by atoms with E-state index >= 15 is 0 Å². The lowest BCUT2D eigenvalue weighted by Gasteiger charge is -2.35. The summed E-state index contributed by atoms with van der Waals surface area (Å²) in [4.78, 5) is 45.2. The third kappa shape index (κ3) is 5.93. The molecule has 2 heterocycles. The van der Waals surface area contributed by atoms with E-state index in [-0.39, 0.29) is 40.9 Å². The molecule has 0 spiro atoms. The summed E-state index contributed by atoms with van der Waals surface area (Å²) in [6, 6.07) is 10.3. The first-order valence-corrected chi connectivity index (χ1v) is 14.6. The number of benzene rings is 2. The molecule has 2 aliphatic heterocycles. The molecule has 40 heavy (non-hydrogen) atoms. The highest BCUT2D eigenvalue weighted by molar-refractivity contribution is 6.42. The van der Waals surface area contributed by atoms with Gasteiger partial charge in [0.25, 0.3) is 0 Å². The van der Waals surface area contributed by atoms with Crippen LogP contribution in [0.1, 0.15) is 51.0 Å². The maximum atomic E-state index is 13.7. The fourth-order valence-corrected chi connectivity index (χ4v) is 6.19. The molecule has 2 atom stereocenters. The highest BCUT2D eigenvalue weighted by Gasteiger charge is 2.48. The minimum Gasteiger partial charge on any atom is -0.410 e. The van der Waals surface area contributed by atoms with Crippen LogP contribution in [0, 0.1) is 17.2 Å². The van der Waals surface area contributed by atoms with E-state index in [4.69, 9.17) is 27.9 Å². The molecule has 2 unspecified atom stereocenters. The Morgan fingerprint density at radius 3 is 2.27 bits per heavy atom. The van der Waals surface area contributed by atoms with Gasteiger partial charge in [0.15, 0.2) is 0 Å². The molecule has 2 aromatic rings. The second-order valence-electron chi connectivity index (χ2n) is 11.3. The highest BCUT2D eigenvalue weighted by Crippen LogP contribution is 2.47. The van der Waals surface area contributed by atoms with Crippen LogP contribution in [0.2, 0.25) is 10.0 Å². The lowest BCUT2D eigenvalue weighted by atomic mass is 9.93. The average Bonchev–Trinajstić information content (AvgIpc) is 3.56. The molecule has 3 aliphatic rings. The zero-order valence-corrected chi connectivity index (χ0v) is 24.3. The number of piperidine rings is 1. The van der Waals surface area contributed by atoms with Crippen LogP contribution in [-0.2, 0) is 9.59 Å². The van der Waals surface area contributed by atoms with Gasteiger partial charge in [0.1, 0.15) is 11.6 Å². The Hall–Kier alpha value is -2.84. The molecular formula is C30H34Cl2FN3O4. The van der Waals surface area contributed by atoms with Crippen LogP contribution in [0.4, 0.5) is 9.18 Å². The van der Waals surface area contributed by atoms with Gasteiger partial charge in [0.05, 0.1) is 16.1 Å². The van der Waals surface area contributed by atoms with Gasteiger partial charge in [-0.3, -0.25) is 9.59 Å². The maximum absolute atomic E-state index is 13.7. The second kappa shape index (κ2) is 11.6. The zero-order valence-electron chi connectivity index (χ0n) is 22.7. The lowest BCUT2D eigenvalue weighted by molar-refractivity contribution is -0.142. The number of hydrogen-bond acceptors (Lipinski definition) is 4. The van der Waals surface area contributed by atoms with Crippen LogP contribution < -0.4 is 4.74 Å². The van der Waals surface area contributed by atoms with Crippen molar-refractivity contribution in [2.45, 2.75) is 51.5 Å². The fraction of sp³-hybridized carbons (Fsp3) is 0.500. The molecular weight excluding hydrogens is 556 g/mol. The molecule has 2 saturated heterocycles. The van der Waals surface area contributed by atoms with Gasteiger partial charge >= 0.3 is 6.09 Å². The summed E-state index contributed by atoms with van der Waals surface area (Å²) in [7, 11) is 0. The first kappa shape index (κ1) is 28.7. The molecule has 214 valence electrons. The van der Waals surface area contributed by atoms with Crippen molar-refractivity contribution in [3.05, 3.63) is 63.9 Å². The lowest BCUT2D eigenvalue weighted by Crippen LogP contribution is -2.47. The van der Waals surface area contributed by atoms with E-state index in [1.54, 1.807) is 17.0 Å². The van der Waals surface area contributed by atoms with E-state index in [0.29, 0.717) is 55.6 Å². The second-order valence-corrected chi connectivity index (χ2v) is 12.1. The summed E-state index contributed by atoms with van der Waals surface area (Å²) in [6.45, 7) is 6.15. The Morgan fingerprint density at radius 1 is 1.00 bits per heavy atom. The van der Waals surface area contributed by atoms with Crippen molar-refractivity contribution in [3.8, 4) is 5.75 Å². The van der Waals surface area contributed by atoms with E-state index in [1.165, 1.54) is 24.3 Å². The standard InChI is InChI=1S/C30H34Cl2FN3O4/c1-3-36(29(39)40-22-7-5-21(33)6-8-22)26-18-35(17-23(26)20-4-9-24(31)25(32)16-20)27(37)19-10-14-34(15-11-19)28(38)30(2)12-13-30/h4-9,16,19,23,26H,3,10-15,17-18H2,1-2H3. The predicted molar refractivity (Wildman–Crippen MR) is 151 cm³/mol. The molecule has 0 aromatic heterocycles. The summed E-state index contributed by atoms with van der Waals surface area (Å²) in [5.74, 6) is -0.323. The predicted octanol–water partition coefficient (Wildman–Crippen LogP) is 5.99. The number of amides is 3. The molecule has 3 amide bonds. The quantitative estimate of drug-likeness (QED) is 0.415. The Morgan fingerprint density at radius 2 is 1.68 bits per heavy atom. The summed E-state index contributed by atoms with van der Waals surface area (Å²) >= 11 is 12.5. The topological polar surface area (TPSA) is 70.2 Å². The summed E-state index contributed by atoms with van der Waals surface area (Å²) in [6.07, 6.45) is 2.56. The fourth-order valence-electron chi connectivity index (χ4n) is 5.88. The van der Waals surface area contributed by atoms with Gasteiger partial charge in [0, 0.05) is 50.0 Å². The average molecular weight is 591 g/mol. The molecule has 0 N–H and O–H groups in total. The summed E-state index contributed by atoms with van der Waals surface area (Å²) in [5.41, 5.74) is 0.666. The number of carbonyl (C=O) groups excluding carboxylic acids is 3. The Balaban J connectivity index is 1.32. The first-order chi connectivity index (χ1) is 19.1. The van der Waals surface area contributed by atoms with Gasteiger partial charge < -0.3 is 19.4 Å². The molecule has 3 fully saturated rings. The SMILES string of the molecule is CCN(C(=O)Oc1ccc(F)cc1)C1CN(C(=O)C2CCN(C(=O)C3(C)CC3)CC2)CC1c1ccc(Cl)c(Cl)c1. The smallest absolute Gasteiger partial charge is 0.410 e. The largest absolute Gasteiger partial charge is 0.415 e. The van der Waals surface area contributed by atoms with E-state index in [1.807, 2.05) is 29.7 Å². The molecule has 1 saturated carbocycles. The third-order valence-electron chi connectivity index (χ3n) is 8.61. The van der Waals surface area contributed by atoms with Gasteiger partial charge in [-0.15, -0.1) is 0 Å². The Kier molecular flexibility index (Phi) is 8.30. The number of likely N-dealkylation sites (N-methyl/N-ethyl adjacent to an activating group) is 1. The van der Waals surface area contributed by atoms with E-state index in [0.717, 1.165) is 18.4 Å². The number of hydrogen-bond donors (Lipinski definition) is 0. The van der Waals surface area contributed by atoms with Crippen LogP contribution in [-0.4, -0.2) is 71.4 Å². The minimum absolute atomic E-state index is 0.0419.